The van der Waals surface area contributed by atoms with Crippen molar-refractivity contribution in [3.8, 4) is 11.5 Å². The second kappa shape index (κ2) is 8.38. The first kappa shape index (κ1) is 20.3. The van der Waals surface area contributed by atoms with E-state index in [0.717, 1.165) is 62.9 Å². The first-order chi connectivity index (χ1) is 14.0. The molecule has 2 saturated heterocycles. The second-order valence-corrected chi connectivity index (χ2v) is 8.41. The lowest BCUT2D eigenvalue weighted by molar-refractivity contribution is -0.168. The average molecular weight is 405 g/mol. The van der Waals surface area contributed by atoms with Gasteiger partial charge in [-0.3, -0.25) is 4.90 Å². The van der Waals surface area contributed by atoms with Crippen LogP contribution in [0.3, 0.4) is 0 Å². The summed E-state index contributed by atoms with van der Waals surface area (Å²) in [4.78, 5) is 18.9. The number of carbonyl (C=O) groups is 1. The average Bonchev–Trinajstić information content (AvgIpc) is 3.14. The van der Waals surface area contributed by atoms with Crippen LogP contribution in [0.4, 0.5) is 4.79 Å². The molecule has 0 radical (unpaired) electrons. The van der Waals surface area contributed by atoms with Gasteiger partial charge in [-0.05, 0) is 38.1 Å². The zero-order chi connectivity index (χ0) is 20.4. The van der Waals surface area contributed by atoms with E-state index in [0.29, 0.717) is 6.61 Å². The van der Waals surface area contributed by atoms with Gasteiger partial charge in [-0.2, -0.15) is 0 Å². The van der Waals surface area contributed by atoms with E-state index in [4.69, 9.17) is 18.9 Å². The molecular formula is C21H31N3O5. The van der Waals surface area contributed by atoms with Crippen LogP contribution in [0.1, 0.15) is 12.5 Å². The molecule has 1 aromatic rings. The number of benzene rings is 1. The molecule has 8 nitrogen and oxygen atoms in total. The Hall–Kier alpha value is -2.03. The number of hydrogen-bond acceptors (Lipinski definition) is 7. The lowest BCUT2D eigenvalue weighted by Gasteiger charge is -2.54. The summed E-state index contributed by atoms with van der Waals surface area (Å²) in [7, 11) is 3.94. The molecule has 0 saturated carbocycles. The van der Waals surface area contributed by atoms with Crippen molar-refractivity contribution in [3.05, 3.63) is 23.8 Å². The highest BCUT2D eigenvalue weighted by molar-refractivity contribution is 5.67. The van der Waals surface area contributed by atoms with E-state index in [-0.39, 0.29) is 24.5 Å². The molecule has 8 heteroatoms. The third-order valence-corrected chi connectivity index (χ3v) is 6.23. The van der Waals surface area contributed by atoms with E-state index in [1.54, 1.807) is 11.9 Å². The van der Waals surface area contributed by atoms with Crippen LogP contribution in [0, 0.1) is 0 Å². The third kappa shape index (κ3) is 4.29. The molecule has 3 heterocycles. The minimum atomic E-state index is -0.286. The van der Waals surface area contributed by atoms with Crippen molar-refractivity contribution in [1.29, 1.82) is 0 Å². The summed E-state index contributed by atoms with van der Waals surface area (Å²) in [5.74, 6) is 1.54. The Morgan fingerprint density at radius 3 is 2.83 bits per heavy atom. The van der Waals surface area contributed by atoms with Gasteiger partial charge in [0, 0.05) is 39.3 Å². The molecule has 0 bridgehead atoms. The van der Waals surface area contributed by atoms with Gasteiger partial charge in [0.25, 0.3) is 0 Å². The van der Waals surface area contributed by atoms with Gasteiger partial charge >= 0.3 is 6.09 Å². The fourth-order valence-electron chi connectivity index (χ4n) is 4.24. The summed E-state index contributed by atoms with van der Waals surface area (Å²) in [6.07, 6.45) is 0.438. The van der Waals surface area contributed by atoms with Crippen LogP contribution in [0.15, 0.2) is 18.2 Å². The minimum Gasteiger partial charge on any atom is -0.454 e. The molecule has 1 amide bonds. The zero-order valence-corrected chi connectivity index (χ0v) is 17.6. The van der Waals surface area contributed by atoms with E-state index in [1.807, 2.05) is 25.1 Å². The van der Waals surface area contributed by atoms with Crippen LogP contribution in [-0.2, 0) is 15.9 Å². The number of likely N-dealkylation sites (N-methyl/N-ethyl adjacent to an activating group) is 2. The van der Waals surface area contributed by atoms with Crippen molar-refractivity contribution >= 4 is 6.09 Å². The molecule has 4 rings (SSSR count). The molecule has 3 aliphatic rings. The maximum absolute atomic E-state index is 12.5. The van der Waals surface area contributed by atoms with Gasteiger partial charge < -0.3 is 28.7 Å². The number of amides is 1. The van der Waals surface area contributed by atoms with Crippen molar-refractivity contribution in [2.45, 2.75) is 24.9 Å². The predicted octanol–water partition coefficient (Wildman–Crippen LogP) is 1.43. The van der Waals surface area contributed by atoms with Crippen LogP contribution in [-0.4, -0.2) is 99.3 Å². The van der Waals surface area contributed by atoms with Gasteiger partial charge in [-0.15, -0.1) is 0 Å². The van der Waals surface area contributed by atoms with E-state index < -0.39 is 0 Å². The fourth-order valence-corrected chi connectivity index (χ4v) is 4.24. The molecule has 160 valence electrons. The van der Waals surface area contributed by atoms with E-state index in [1.165, 1.54) is 0 Å². The van der Waals surface area contributed by atoms with Crippen molar-refractivity contribution in [2.75, 3.05) is 66.9 Å². The van der Waals surface area contributed by atoms with Gasteiger partial charge in [0.05, 0.1) is 18.8 Å². The molecule has 2 fully saturated rings. The highest BCUT2D eigenvalue weighted by Gasteiger charge is 2.46. The van der Waals surface area contributed by atoms with Crippen molar-refractivity contribution < 1.29 is 23.7 Å². The SMILES string of the molecule is C[C@H](Cc1ccc2c(c1)OCO2)N(C)C(=O)OCCN1CCN(C)CC12COC2. The quantitative estimate of drug-likeness (QED) is 0.709. The van der Waals surface area contributed by atoms with Crippen molar-refractivity contribution in [1.82, 2.24) is 14.7 Å². The largest absolute Gasteiger partial charge is 0.454 e. The Morgan fingerprint density at radius 2 is 2.07 bits per heavy atom. The molecule has 29 heavy (non-hydrogen) atoms. The normalized spacial score (nSPS) is 21.6. The first-order valence-electron chi connectivity index (χ1n) is 10.3. The Bertz CT molecular complexity index is 739. The minimum absolute atomic E-state index is 0.0119. The number of carbonyl (C=O) groups excluding carboxylic acids is 1. The Labute approximate surface area is 172 Å². The standard InChI is InChI=1S/C21H31N3O5/c1-16(10-17-4-5-18-19(11-17)29-15-28-18)23(3)20(25)27-9-8-24-7-6-22(2)12-21(24)13-26-14-21/h4-5,11,16H,6-10,12-15H2,1-3H3/t16-/m1/s1. The first-order valence-corrected chi connectivity index (χ1v) is 10.3. The number of fused-ring (bicyclic) bond motifs is 1. The number of ether oxygens (including phenoxy) is 4. The number of rotatable bonds is 6. The lowest BCUT2D eigenvalue weighted by Crippen LogP contribution is -2.71. The summed E-state index contributed by atoms with van der Waals surface area (Å²) < 4.78 is 21.8. The second-order valence-electron chi connectivity index (χ2n) is 8.41. The molecule has 0 aromatic heterocycles. The maximum atomic E-state index is 12.5. The van der Waals surface area contributed by atoms with Crippen LogP contribution < -0.4 is 9.47 Å². The topological polar surface area (TPSA) is 63.7 Å². The summed E-state index contributed by atoms with van der Waals surface area (Å²) in [5.41, 5.74) is 1.20. The van der Waals surface area contributed by atoms with Crippen LogP contribution in [0.2, 0.25) is 0 Å². The highest BCUT2D eigenvalue weighted by atomic mass is 16.7. The maximum Gasteiger partial charge on any atom is 0.409 e. The van der Waals surface area contributed by atoms with Crippen LogP contribution in [0.25, 0.3) is 0 Å². The fraction of sp³-hybridized carbons (Fsp3) is 0.667. The summed E-state index contributed by atoms with van der Waals surface area (Å²) in [6, 6.07) is 5.92. The van der Waals surface area contributed by atoms with Crippen molar-refractivity contribution in [2.24, 2.45) is 0 Å². The Balaban J connectivity index is 1.24. The third-order valence-electron chi connectivity index (χ3n) is 6.23. The van der Waals surface area contributed by atoms with Gasteiger partial charge in [0.2, 0.25) is 6.79 Å². The summed E-state index contributed by atoms with van der Waals surface area (Å²) in [6.45, 7) is 7.96. The van der Waals surface area contributed by atoms with Gasteiger partial charge in [-0.25, -0.2) is 4.79 Å². The van der Waals surface area contributed by atoms with E-state index in [9.17, 15) is 4.79 Å². The number of nitrogens with zero attached hydrogens (tertiary/aromatic N) is 3. The van der Waals surface area contributed by atoms with E-state index in [2.05, 4.69) is 16.8 Å². The molecular weight excluding hydrogens is 374 g/mol. The highest BCUT2D eigenvalue weighted by Crippen LogP contribution is 2.33. The van der Waals surface area contributed by atoms with E-state index >= 15 is 0 Å². The van der Waals surface area contributed by atoms with Crippen molar-refractivity contribution in [3.63, 3.8) is 0 Å². The molecule has 1 spiro atoms. The van der Waals surface area contributed by atoms with Gasteiger partial charge in [-0.1, -0.05) is 6.07 Å². The smallest absolute Gasteiger partial charge is 0.409 e. The molecule has 1 aromatic carbocycles. The summed E-state index contributed by atoms with van der Waals surface area (Å²) >= 11 is 0. The molecule has 0 unspecified atom stereocenters. The molecule has 3 aliphatic heterocycles. The predicted molar refractivity (Wildman–Crippen MR) is 107 cm³/mol. The van der Waals surface area contributed by atoms with Gasteiger partial charge in [0.1, 0.15) is 6.61 Å². The number of piperazine rings is 1. The van der Waals surface area contributed by atoms with Gasteiger partial charge in [0.15, 0.2) is 11.5 Å². The zero-order valence-electron chi connectivity index (χ0n) is 17.6. The molecule has 0 aliphatic carbocycles. The summed E-state index contributed by atoms with van der Waals surface area (Å²) in [5, 5.41) is 0. The molecule has 1 atom stereocenters. The van der Waals surface area contributed by atoms with Crippen LogP contribution in [0.5, 0.6) is 11.5 Å². The Morgan fingerprint density at radius 1 is 1.28 bits per heavy atom. The number of hydrogen-bond donors (Lipinski definition) is 0. The molecule has 0 N–H and O–H groups in total. The monoisotopic (exact) mass is 405 g/mol. The Kier molecular flexibility index (Phi) is 5.85. The lowest BCUT2D eigenvalue weighted by atomic mass is 9.92. The van der Waals surface area contributed by atoms with Crippen LogP contribution >= 0.6 is 0 Å².